The lowest BCUT2D eigenvalue weighted by atomic mass is 9.97. The first-order chi connectivity index (χ1) is 12.6. The molecule has 26 heavy (non-hydrogen) atoms. The minimum Gasteiger partial charge on any atom is -0.338 e. The van der Waals surface area contributed by atoms with Crippen molar-refractivity contribution < 1.29 is 4.52 Å². The van der Waals surface area contributed by atoms with Crippen LogP contribution in [0.3, 0.4) is 0 Å². The van der Waals surface area contributed by atoms with Crippen LogP contribution < -0.4 is 5.56 Å². The van der Waals surface area contributed by atoms with Gasteiger partial charge in [0, 0.05) is 18.0 Å². The first-order valence-corrected chi connectivity index (χ1v) is 9.76. The van der Waals surface area contributed by atoms with Crippen LogP contribution in [0.2, 0.25) is 0 Å². The third-order valence-electron chi connectivity index (χ3n) is 5.50. The van der Waals surface area contributed by atoms with Crippen molar-refractivity contribution in [3.05, 3.63) is 39.4 Å². The Morgan fingerprint density at radius 3 is 2.92 bits per heavy atom. The molecule has 7 nitrogen and oxygen atoms in total. The Bertz CT molecular complexity index is 826. The molecule has 1 saturated heterocycles. The maximum atomic E-state index is 12.5. The third-order valence-corrected chi connectivity index (χ3v) is 5.50. The number of rotatable bonds is 5. The van der Waals surface area contributed by atoms with Crippen LogP contribution in [0.25, 0.3) is 0 Å². The van der Waals surface area contributed by atoms with Crippen LogP contribution in [0.1, 0.15) is 68.4 Å². The summed E-state index contributed by atoms with van der Waals surface area (Å²) in [6.45, 7) is 6.38. The van der Waals surface area contributed by atoms with Gasteiger partial charge in [-0.3, -0.25) is 9.69 Å². The van der Waals surface area contributed by atoms with E-state index in [-0.39, 0.29) is 17.5 Å². The molecule has 7 heteroatoms. The van der Waals surface area contributed by atoms with Gasteiger partial charge in [0.15, 0.2) is 5.82 Å². The van der Waals surface area contributed by atoms with Gasteiger partial charge >= 0.3 is 0 Å². The highest BCUT2D eigenvalue weighted by atomic mass is 16.5. The average molecular weight is 357 g/mol. The van der Waals surface area contributed by atoms with Crippen LogP contribution in [0, 0.1) is 0 Å². The van der Waals surface area contributed by atoms with E-state index >= 15 is 0 Å². The Hall–Kier alpha value is -2.02. The molecule has 0 radical (unpaired) electrons. The van der Waals surface area contributed by atoms with E-state index in [1.807, 2.05) is 0 Å². The van der Waals surface area contributed by atoms with Gasteiger partial charge in [-0.1, -0.05) is 19.0 Å². The number of aryl methyl sites for hydroxylation is 2. The molecule has 0 bridgehead atoms. The minimum absolute atomic E-state index is 0.0254. The van der Waals surface area contributed by atoms with Crippen LogP contribution in [-0.4, -0.2) is 37.4 Å². The van der Waals surface area contributed by atoms with E-state index in [0.717, 1.165) is 55.7 Å². The summed E-state index contributed by atoms with van der Waals surface area (Å²) in [5.74, 6) is 1.68. The molecular formula is C19H27N5O2. The fraction of sp³-hybridized carbons (Fsp3) is 0.684. The second-order valence-corrected chi connectivity index (χ2v) is 7.81. The number of aromatic nitrogens is 4. The Balaban J connectivity index is 1.47. The molecule has 1 fully saturated rings. The molecule has 140 valence electrons. The Kier molecular flexibility index (Phi) is 4.89. The summed E-state index contributed by atoms with van der Waals surface area (Å²) in [6, 6.07) is 2.09. The number of hydrogen-bond donors (Lipinski definition) is 0. The third kappa shape index (κ3) is 3.58. The lowest BCUT2D eigenvalue weighted by Crippen LogP contribution is -2.37. The van der Waals surface area contributed by atoms with Crippen molar-refractivity contribution in [2.24, 2.45) is 0 Å². The molecule has 0 amide bonds. The molecule has 2 aromatic rings. The summed E-state index contributed by atoms with van der Waals surface area (Å²) in [4.78, 5) is 19.3. The number of likely N-dealkylation sites (tertiary alicyclic amines) is 1. The molecular weight excluding hydrogens is 330 g/mol. The zero-order chi connectivity index (χ0) is 18.1. The standard InChI is InChI=1S/C19H27N5O2/c1-13(2)19-20-17(26-22-19)12-23-9-5-7-15(23)11-24-18(25)10-14-6-3-4-8-16(14)21-24/h10,13,15H,3-9,11-12H2,1-2H3. The topological polar surface area (TPSA) is 77.0 Å². The monoisotopic (exact) mass is 357 g/mol. The summed E-state index contributed by atoms with van der Waals surface area (Å²) in [7, 11) is 0. The SMILES string of the molecule is CC(C)c1noc(CN2CCCC2Cn2nc3c(cc2=O)CCCC3)n1. The van der Waals surface area contributed by atoms with Crippen LogP contribution in [0.5, 0.6) is 0 Å². The fourth-order valence-corrected chi connectivity index (χ4v) is 3.98. The fourth-order valence-electron chi connectivity index (χ4n) is 3.98. The lowest BCUT2D eigenvalue weighted by molar-refractivity contribution is 0.189. The summed E-state index contributed by atoms with van der Waals surface area (Å²) in [5, 5.41) is 8.72. The highest BCUT2D eigenvalue weighted by Gasteiger charge is 2.28. The molecule has 2 aromatic heterocycles. The molecule has 2 aliphatic rings. The van der Waals surface area contributed by atoms with Gasteiger partial charge in [0.05, 0.1) is 18.8 Å². The van der Waals surface area contributed by atoms with Crippen molar-refractivity contribution >= 4 is 0 Å². The Morgan fingerprint density at radius 1 is 1.27 bits per heavy atom. The maximum absolute atomic E-state index is 12.5. The number of nitrogens with zero attached hydrogens (tertiary/aromatic N) is 5. The largest absolute Gasteiger partial charge is 0.338 e. The van der Waals surface area contributed by atoms with Crippen molar-refractivity contribution in [1.29, 1.82) is 0 Å². The molecule has 1 aliphatic heterocycles. The molecule has 1 unspecified atom stereocenters. The van der Waals surface area contributed by atoms with E-state index in [4.69, 9.17) is 4.52 Å². The van der Waals surface area contributed by atoms with Crippen LogP contribution >= 0.6 is 0 Å². The van der Waals surface area contributed by atoms with Gasteiger partial charge in [-0.2, -0.15) is 10.1 Å². The smallest absolute Gasteiger partial charge is 0.267 e. The van der Waals surface area contributed by atoms with E-state index in [9.17, 15) is 4.79 Å². The molecule has 0 spiro atoms. The summed E-state index contributed by atoms with van der Waals surface area (Å²) < 4.78 is 7.06. The molecule has 0 aromatic carbocycles. The van der Waals surface area contributed by atoms with Gasteiger partial charge in [0.1, 0.15) is 0 Å². The predicted octanol–water partition coefficient (Wildman–Crippen LogP) is 2.29. The van der Waals surface area contributed by atoms with Crippen molar-refractivity contribution in [2.45, 2.75) is 77.4 Å². The highest BCUT2D eigenvalue weighted by molar-refractivity contribution is 5.20. The predicted molar refractivity (Wildman–Crippen MR) is 97.0 cm³/mol. The van der Waals surface area contributed by atoms with Gasteiger partial charge in [0.25, 0.3) is 5.56 Å². The molecule has 4 rings (SSSR count). The van der Waals surface area contributed by atoms with Gasteiger partial charge in [-0.05, 0) is 50.6 Å². The molecule has 1 atom stereocenters. The van der Waals surface area contributed by atoms with E-state index in [1.54, 1.807) is 10.7 Å². The van der Waals surface area contributed by atoms with Crippen LogP contribution in [-0.2, 0) is 25.9 Å². The Morgan fingerprint density at radius 2 is 2.12 bits per heavy atom. The second kappa shape index (κ2) is 7.31. The van der Waals surface area contributed by atoms with Gasteiger partial charge in [-0.15, -0.1) is 0 Å². The van der Waals surface area contributed by atoms with Crippen molar-refractivity contribution in [3.8, 4) is 0 Å². The molecule has 0 saturated carbocycles. The van der Waals surface area contributed by atoms with E-state index in [1.165, 1.54) is 6.42 Å². The van der Waals surface area contributed by atoms with Crippen molar-refractivity contribution in [2.75, 3.05) is 6.54 Å². The molecule has 3 heterocycles. The van der Waals surface area contributed by atoms with E-state index < -0.39 is 0 Å². The Labute approximate surface area is 153 Å². The minimum atomic E-state index is 0.0254. The van der Waals surface area contributed by atoms with E-state index in [0.29, 0.717) is 19.0 Å². The summed E-state index contributed by atoms with van der Waals surface area (Å²) >= 11 is 0. The van der Waals surface area contributed by atoms with Gasteiger partial charge in [0.2, 0.25) is 5.89 Å². The quantitative estimate of drug-likeness (QED) is 0.817. The second-order valence-electron chi connectivity index (χ2n) is 7.81. The number of fused-ring (bicyclic) bond motifs is 1. The zero-order valence-corrected chi connectivity index (χ0v) is 15.6. The average Bonchev–Trinajstić information content (AvgIpc) is 3.26. The normalized spacial score (nSPS) is 20.7. The van der Waals surface area contributed by atoms with Gasteiger partial charge in [-0.25, -0.2) is 4.68 Å². The summed E-state index contributed by atoms with van der Waals surface area (Å²) in [6.07, 6.45) is 6.50. The van der Waals surface area contributed by atoms with Crippen molar-refractivity contribution in [1.82, 2.24) is 24.8 Å². The molecule has 0 N–H and O–H groups in total. The first-order valence-electron chi connectivity index (χ1n) is 9.76. The number of hydrogen-bond acceptors (Lipinski definition) is 6. The van der Waals surface area contributed by atoms with Crippen LogP contribution in [0.15, 0.2) is 15.4 Å². The van der Waals surface area contributed by atoms with Gasteiger partial charge < -0.3 is 4.52 Å². The van der Waals surface area contributed by atoms with E-state index in [2.05, 4.69) is 34.0 Å². The highest BCUT2D eigenvalue weighted by Crippen LogP contribution is 2.22. The lowest BCUT2D eigenvalue weighted by Gasteiger charge is -2.24. The molecule has 1 aliphatic carbocycles. The maximum Gasteiger partial charge on any atom is 0.267 e. The van der Waals surface area contributed by atoms with Crippen LogP contribution in [0.4, 0.5) is 0 Å². The zero-order valence-electron chi connectivity index (χ0n) is 15.6. The first kappa shape index (κ1) is 17.4. The van der Waals surface area contributed by atoms with Crippen molar-refractivity contribution in [3.63, 3.8) is 0 Å². The summed E-state index contributed by atoms with van der Waals surface area (Å²) in [5.41, 5.74) is 2.28.